The molecule has 2 aromatic carbocycles. The minimum atomic E-state index is -0.918. The Morgan fingerprint density at radius 2 is 1.96 bits per heavy atom. The Hall–Kier alpha value is -2.61. The van der Waals surface area contributed by atoms with Crippen molar-refractivity contribution in [2.45, 2.75) is 27.2 Å². The first-order valence-corrected chi connectivity index (χ1v) is 7.69. The minimum Gasteiger partial charge on any atom is -0.478 e. The molecule has 2 nitrogen and oxygen atoms in total. The van der Waals surface area contributed by atoms with Crippen molar-refractivity contribution in [2.24, 2.45) is 0 Å². The van der Waals surface area contributed by atoms with E-state index in [0.29, 0.717) is 0 Å². The summed E-state index contributed by atoms with van der Waals surface area (Å²) in [5, 5.41) is 11.2. The molecule has 0 aliphatic rings. The fourth-order valence-corrected chi connectivity index (χ4v) is 2.57. The number of carbonyl (C=O) groups is 1. The van der Waals surface area contributed by atoms with E-state index in [4.69, 9.17) is 5.11 Å². The van der Waals surface area contributed by atoms with Crippen molar-refractivity contribution in [2.75, 3.05) is 0 Å². The van der Waals surface area contributed by atoms with E-state index in [2.05, 4.69) is 50.2 Å². The molecule has 0 heterocycles. The van der Waals surface area contributed by atoms with Crippen molar-refractivity contribution in [3.63, 3.8) is 0 Å². The highest BCUT2D eigenvalue weighted by Gasteiger charge is 2.02. The van der Waals surface area contributed by atoms with Gasteiger partial charge in [-0.15, -0.1) is 0 Å². The molecule has 0 aliphatic heterocycles. The van der Waals surface area contributed by atoms with Crippen LogP contribution >= 0.6 is 0 Å². The molecule has 0 bridgehead atoms. The normalized spacial score (nSPS) is 13.0. The van der Waals surface area contributed by atoms with Crippen molar-refractivity contribution in [1.82, 2.24) is 0 Å². The highest BCUT2D eigenvalue weighted by molar-refractivity contribution is 5.86. The van der Waals surface area contributed by atoms with E-state index in [-0.39, 0.29) is 0 Å². The molecule has 0 unspecified atom stereocenters. The van der Waals surface area contributed by atoms with Crippen LogP contribution in [0.1, 0.15) is 25.0 Å². The standard InChI is InChI=1S/C21H22O2/c1-15(6-4-7-16(2)14-21(22)23)12-19-9-5-8-18-11-10-17(3)13-20(18)19/h4-11,13-14H,12H2,1-3H3,(H,22,23)/b7-4+,15-6-,16-14+. The fourth-order valence-electron chi connectivity index (χ4n) is 2.57. The molecule has 0 aliphatic carbocycles. The minimum absolute atomic E-state index is 0.724. The molecule has 0 fully saturated rings. The Labute approximate surface area is 137 Å². The van der Waals surface area contributed by atoms with Gasteiger partial charge in [0.1, 0.15) is 0 Å². The third-order valence-corrected chi connectivity index (χ3v) is 3.69. The number of hydrogen-bond acceptors (Lipinski definition) is 1. The van der Waals surface area contributed by atoms with E-state index in [9.17, 15) is 4.79 Å². The Balaban J connectivity index is 2.19. The lowest BCUT2D eigenvalue weighted by atomic mass is 9.97. The number of carboxylic acid groups (broad SMARTS) is 1. The molecule has 0 amide bonds. The molecule has 1 N–H and O–H groups in total. The summed E-state index contributed by atoms with van der Waals surface area (Å²) in [5.41, 5.74) is 4.53. The van der Waals surface area contributed by atoms with Crippen LogP contribution in [0, 0.1) is 6.92 Å². The third kappa shape index (κ3) is 4.96. The lowest BCUT2D eigenvalue weighted by molar-refractivity contribution is -0.131. The molecular formula is C21H22O2. The van der Waals surface area contributed by atoms with E-state index in [0.717, 1.165) is 12.0 Å². The van der Waals surface area contributed by atoms with Gasteiger partial charge in [0.25, 0.3) is 0 Å². The van der Waals surface area contributed by atoms with Gasteiger partial charge in [-0.05, 0) is 49.1 Å². The molecule has 0 atom stereocenters. The van der Waals surface area contributed by atoms with E-state index in [1.54, 1.807) is 6.92 Å². The van der Waals surface area contributed by atoms with Crippen LogP contribution in [-0.2, 0) is 11.2 Å². The first kappa shape index (κ1) is 16.8. The van der Waals surface area contributed by atoms with Gasteiger partial charge in [-0.25, -0.2) is 4.79 Å². The molecule has 2 aromatic rings. The Kier molecular flexibility index (Phi) is 5.53. The topological polar surface area (TPSA) is 37.3 Å². The fraction of sp³-hybridized carbons (Fsp3) is 0.190. The van der Waals surface area contributed by atoms with E-state index < -0.39 is 5.97 Å². The van der Waals surface area contributed by atoms with Crippen molar-refractivity contribution < 1.29 is 9.90 Å². The number of hydrogen-bond donors (Lipinski definition) is 1. The summed E-state index contributed by atoms with van der Waals surface area (Å²) in [6.07, 6.45) is 7.83. The van der Waals surface area contributed by atoms with Crippen LogP contribution in [0.2, 0.25) is 0 Å². The van der Waals surface area contributed by atoms with Gasteiger partial charge in [-0.2, -0.15) is 0 Å². The van der Waals surface area contributed by atoms with Gasteiger partial charge >= 0.3 is 5.97 Å². The van der Waals surface area contributed by atoms with Gasteiger partial charge in [0, 0.05) is 6.08 Å². The Morgan fingerprint density at radius 3 is 2.70 bits per heavy atom. The summed E-state index contributed by atoms with van der Waals surface area (Å²) in [6.45, 7) is 5.98. The van der Waals surface area contributed by atoms with Crippen LogP contribution in [0.5, 0.6) is 0 Å². The predicted molar refractivity (Wildman–Crippen MR) is 96.7 cm³/mol. The molecule has 2 heteroatoms. The van der Waals surface area contributed by atoms with Crippen LogP contribution in [0.15, 0.2) is 71.8 Å². The van der Waals surface area contributed by atoms with Crippen LogP contribution in [0.4, 0.5) is 0 Å². The summed E-state index contributed by atoms with van der Waals surface area (Å²) in [7, 11) is 0. The predicted octanol–water partition coefficient (Wildman–Crippen LogP) is 5.22. The van der Waals surface area contributed by atoms with Gasteiger partial charge in [0.05, 0.1) is 0 Å². The Bertz CT molecular complexity index is 808. The molecule has 0 saturated heterocycles. The second-order valence-corrected chi connectivity index (χ2v) is 5.92. The molecule has 0 radical (unpaired) electrons. The average Bonchev–Trinajstić information content (AvgIpc) is 2.47. The summed E-state index contributed by atoms with van der Waals surface area (Å²) >= 11 is 0. The van der Waals surface area contributed by atoms with Gasteiger partial charge in [0.15, 0.2) is 0 Å². The molecule has 0 saturated carbocycles. The second kappa shape index (κ2) is 7.59. The van der Waals surface area contributed by atoms with Gasteiger partial charge in [-0.3, -0.25) is 0 Å². The lowest BCUT2D eigenvalue weighted by Crippen LogP contribution is -1.90. The molecule has 118 valence electrons. The number of aliphatic carboxylic acids is 1. The van der Waals surface area contributed by atoms with Crippen LogP contribution in [0.25, 0.3) is 10.8 Å². The molecule has 0 aromatic heterocycles. The highest BCUT2D eigenvalue weighted by atomic mass is 16.4. The molecule has 23 heavy (non-hydrogen) atoms. The number of allylic oxidation sites excluding steroid dienone is 5. The van der Waals surface area contributed by atoms with Crippen molar-refractivity contribution >= 4 is 16.7 Å². The first-order valence-electron chi connectivity index (χ1n) is 7.69. The van der Waals surface area contributed by atoms with E-state index in [1.165, 1.54) is 33.5 Å². The average molecular weight is 306 g/mol. The van der Waals surface area contributed by atoms with Crippen molar-refractivity contribution in [1.29, 1.82) is 0 Å². The van der Waals surface area contributed by atoms with Gasteiger partial charge in [0.2, 0.25) is 0 Å². The maximum absolute atomic E-state index is 10.6. The summed E-state index contributed by atoms with van der Waals surface area (Å²) < 4.78 is 0. The number of benzene rings is 2. The van der Waals surface area contributed by atoms with Crippen molar-refractivity contribution in [3.8, 4) is 0 Å². The first-order chi connectivity index (χ1) is 11.0. The maximum Gasteiger partial charge on any atom is 0.328 e. The van der Waals surface area contributed by atoms with E-state index in [1.807, 2.05) is 18.2 Å². The number of carboxylic acids is 1. The summed E-state index contributed by atoms with van der Waals surface area (Å²) in [6, 6.07) is 12.9. The number of fused-ring (bicyclic) bond motifs is 1. The van der Waals surface area contributed by atoms with Crippen LogP contribution in [0.3, 0.4) is 0 Å². The summed E-state index contributed by atoms with van der Waals surface area (Å²) in [4.78, 5) is 10.6. The molecular weight excluding hydrogens is 284 g/mol. The van der Waals surface area contributed by atoms with E-state index >= 15 is 0 Å². The zero-order chi connectivity index (χ0) is 16.8. The second-order valence-electron chi connectivity index (χ2n) is 5.92. The third-order valence-electron chi connectivity index (χ3n) is 3.69. The monoisotopic (exact) mass is 306 g/mol. The highest BCUT2D eigenvalue weighted by Crippen LogP contribution is 2.22. The quantitative estimate of drug-likeness (QED) is 0.607. The molecule has 0 spiro atoms. The smallest absolute Gasteiger partial charge is 0.328 e. The maximum atomic E-state index is 10.6. The Morgan fingerprint density at radius 1 is 1.17 bits per heavy atom. The zero-order valence-corrected chi connectivity index (χ0v) is 13.8. The summed E-state index contributed by atoms with van der Waals surface area (Å²) in [5.74, 6) is -0.918. The largest absolute Gasteiger partial charge is 0.478 e. The van der Waals surface area contributed by atoms with Crippen LogP contribution in [-0.4, -0.2) is 11.1 Å². The number of rotatable bonds is 5. The van der Waals surface area contributed by atoms with Gasteiger partial charge in [-0.1, -0.05) is 65.8 Å². The van der Waals surface area contributed by atoms with Gasteiger partial charge < -0.3 is 5.11 Å². The number of aryl methyl sites for hydroxylation is 1. The zero-order valence-electron chi connectivity index (χ0n) is 13.8. The van der Waals surface area contributed by atoms with Crippen molar-refractivity contribution in [3.05, 3.63) is 83.0 Å². The van der Waals surface area contributed by atoms with Crippen LogP contribution < -0.4 is 0 Å². The molecule has 2 rings (SSSR count). The SMILES string of the molecule is C/C(=C/C=C/C(C)=C/C(=O)O)Cc1cccc2ccc(C)cc12. The lowest BCUT2D eigenvalue weighted by Gasteiger charge is -2.07.